The van der Waals surface area contributed by atoms with Crippen molar-refractivity contribution in [2.75, 3.05) is 19.8 Å². The molecule has 94 valence electrons. The number of rotatable bonds is 8. The monoisotopic (exact) mass is 227 g/mol. The Bertz CT molecular complexity index is 212. The normalized spacial score (nSPS) is 15.5. The zero-order valence-electron chi connectivity index (χ0n) is 10.9. The highest BCUT2D eigenvalue weighted by Gasteiger charge is 2.32. The van der Waals surface area contributed by atoms with Gasteiger partial charge in [0.2, 0.25) is 5.91 Å². The number of carbonyl (C=O) groups is 1. The van der Waals surface area contributed by atoms with Crippen molar-refractivity contribution in [2.45, 2.75) is 52.5 Å². The van der Waals surface area contributed by atoms with Crippen LogP contribution in [0.2, 0.25) is 0 Å². The molecule has 0 aromatic heterocycles. The molecule has 0 aromatic rings. The van der Waals surface area contributed by atoms with Gasteiger partial charge in [0.25, 0.3) is 0 Å². The molecule has 1 fully saturated rings. The Morgan fingerprint density at radius 1 is 1.44 bits per heavy atom. The van der Waals surface area contributed by atoms with Gasteiger partial charge < -0.3 is 9.64 Å². The third-order valence-electron chi connectivity index (χ3n) is 2.75. The Hall–Kier alpha value is -0.570. The first-order valence-electron chi connectivity index (χ1n) is 6.52. The van der Waals surface area contributed by atoms with Crippen molar-refractivity contribution in [1.82, 2.24) is 4.90 Å². The molecule has 1 rings (SSSR count). The first kappa shape index (κ1) is 13.5. The van der Waals surface area contributed by atoms with Gasteiger partial charge in [-0.3, -0.25) is 4.79 Å². The van der Waals surface area contributed by atoms with Crippen molar-refractivity contribution in [1.29, 1.82) is 0 Å². The van der Waals surface area contributed by atoms with Gasteiger partial charge in [0.1, 0.15) is 0 Å². The molecule has 0 N–H and O–H groups in total. The second kappa shape index (κ2) is 6.89. The molecule has 0 atom stereocenters. The number of hydrogen-bond acceptors (Lipinski definition) is 2. The summed E-state index contributed by atoms with van der Waals surface area (Å²) in [5, 5.41) is 0. The molecule has 0 heterocycles. The molecule has 1 aliphatic carbocycles. The molecule has 0 saturated heterocycles. The summed E-state index contributed by atoms with van der Waals surface area (Å²) in [5.74, 6) is 0.882. The summed E-state index contributed by atoms with van der Waals surface area (Å²) in [7, 11) is 0. The average molecular weight is 227 g/mol. The fourth-order valence-corrected chi connectivity index (χ4v) is 1.85. The van der Waals surface area contributed by atoms with Crippen LogP contribution < -0.4 is 0 Å². The van der Waals surface area contributed by atoms with E-state index in [0.29, 0.717) is 30.9 Å². The molecule has 3 heteroatoms. The molecular weight excluding hydrogens is 202 g/mol. The van der Waals surface area contributed by atoms with Crippen LogP contribution in [0.5, 0.6) is 0 Å². The molecule has 1 aliphatic rings. The second-order valence-corrected chi connectivity index (χ2v) is 4.97. The van der Waals surface area contributed by atoms with Gasteiger partial charge in [0.15, 0.2) is 0 Å². The van der Waals surface area contributed by atoms with Gasteiger partial charge in [0.05, 0.1) is 0 Å². The summed E-state index contributed by atoms with van der Waals surface area (Å²) < 4.78 is 5.25. The highest BCUT2D eigenvalue weighted by atomic mass is 16.5. The minimum absolute atomic E-state index is 0.316. The molecule has 0 aliphatic heterocycles. The van der Waals surface area contributed by atoms with Crippen molar-refractivity contribution in [3.05, 3.63) is 0 Å². The quantitative estimate of drug-likeness (QED) is 0.596. The van der Waals surface area contributed by atoms with Crippen LogP contribution >= 0.6 is 0 Å². The molecule has 3 nitrogen and oxygen atoms in total. The zero-order chi connectivity index (χ0) is 12.0. The van der Waals surface area contributed by atoms with E-state index in [1.54, 1.807) is 0 Å². The van der Waals surface area contributed by atoms with E-state index in [1.807, 2.05) is 6.92 Å². The first-order valence-corrected chi connectivity index (χ1v) is 6.52. The Morgan fingerprint density at radius 2 is 2.12 bits per heavy atom. The summed E-state index contributed by atoms with van der Waals surface area (Å²) >= 11 is 0. The van der Waals surface area contributed by atoms with Crippen LogP contribution in [0.1, 0.15) is 46.5 Å². The number of ether oxygens (including phenoxy) is 1. The minimum Gasteiger partial charge on any atom is -0.382 e. The fourth-order valence-electron chi connectivity index (χ4n) is 1.85. The summed E-state index contributed by atoms with van der Waals surface area (Å²) in [6, 6.07) is 0.544. The SMILES string of the molecule is CCOCCCC(=O)N(CC(C)C)C1CC1. The Morgan fingerprint density at radius 3 is 2.62 bits per heavy atom. The summed E-state index contributed by atoms with van der Waals surface area (Å²) in [6.45, 7) is 8.69. The van der Waals surface area contributed by atoms with E-state index in [4.69, 9.17) is 4.74 Å². The van der Waals surface area contributed by atoms with Crippen molar-refractivity contribution >= 4 is 5.91 Å². The molecule has 16 heavy (non-hydrogen) atoms. The maximum Gasteiger partial charge on any atom is 0.222 e. The van der Waals surface area contributed by atoms with Crippen LogP contribution in [-0.2, 0) is 9.53 Å². The molecular formula is C13H25NO2. The summed E-state index contributed by atoms with van der Waals surface area (Å²) in [6.07, 6.45) is 3.89. The molecule has 0 unspecified atom stereocenters. The lowest BCUT2D eigenvalue weighted by atomic mass is 10.2. The lowest BCUT2D eigenvalue weighted by molar-refractivity contribution is -0.132. The van der Waals surface area contributed by atoms with Crippen molar-refractivity contribution < 1.29 is 9.53 Å². The molecule has 0 aromatic carbocycles. The lowest BCUT2D eigenvalue weighted by Crippen LogP contribution is -2.36. The third-order valence-corrected chi connectivity index (χ3v) is 2.75. The van der Waals surface area contributed by atoms with E-state index < -0.39 is 0 Å². The predicted octanol–water partition coefficient (Wildman–Crippen LogP) is 2.45. The van der Waals surface area contributed by atoms with Crippen molar-refractivity contribution in [3.8, 4) is 0 Å². The lowest BCUT2D eigenvalue weighted by Gasteiger charge is -2.24. The standard InChI is InChI=1S/C13H25NO2/c1-4-16-9-5-6-13(15)14(10-11(2)3)12-7-8-12/h11-12H,4-10H2,1-3H3. The number of carbonyl (C=O) groups excluding carboxylic acids is 1. The topological polar surface area (TPSA) is 29.5 Å². The number of hydrogen-bond donors (Lipinski definition) is 0. The molecule has 0 spiro atoms. The van der Waals surface area contributed by atoms with Gasteiger partial charge in [-0.05, 0) is 32.1 Å². The average Bonchev–Trinajstić information content (AvgIpc) is 3.04. The highest BCUT2D eigenvalue weighted by molar-refractivity contribution is 5.76. The Labute approximate surface area is 99.1 Å². The smallest absolute Gasteiger partial charge is 0.222 e. The first-order chi connectivity index (χ1) is 7.65. The van der Waals surface area contributed by atoms with Crippen LogP contribution in [0, 0.1) is 5.92 Å². The van der Waals surface area contributed by atoms with Crippen LogP contribution in [0.4, 0.5) is 0 Å². The minimum atomic E-state index is 0.316. The van der Waals surface area contributed by atoms with E-state index in [2.05, 4.69) is 18.7 Å². The van der Waals surface area contributed by atoms with E-state index in [-0.39, 0.29) is 0 Å². The highest BCUT2D eigenvalue weighted by Crippen LogP contribution is 2.28. The van der Waals surface area contributed by atoms with Gasteiger partial charge in [-0.25, -0.2) is 0 Å². The fraction of sp³-hybridized carbons (Fsp3) is 0.923. The largest absolute Gasteiger partial charge is 0.382 e. The summed E-state index contributed by atoms with van der Waals surface area (Å²) in [4.78, 5) is 14.1. The third kappa shape index (κ3) is 4.97. The van der Waals surface area contributed by atoms with Gasteiger partial charge in [-0.1, -0.05) is 13.8 Å². The Balaban J connectivity index is 2.24. The van der Waals surface area contributed by atoms with E-state index in [1.165, 1.54) is 12.8 Å². The van der Waals surface area contributed by atoms with Gasteiger partial charge in [-0.2, -0.15) is 0 Å². The number of amides is 1. The van der Waals surface area contributed by atoms with Crippen molar-refractivity contribution in [3.63, 3.8) is 0 Å². The predicted molar refractivity (Wildman–Crippen MR) is 65.3 cm³/mol. The van der Waals surface area contributed by atoms with Crippen LogP contribution in [-0.4, -0.2) is 36.6 Å². The zero-order valence-corrected chi connectivity index (χ0v) is 10.9. The molecule has 0 radical (unpaired) electrons. The van der Waals surface area contributed by atoms with E-state index >= 15 is 0 Å². The number of nitrogens with zero attached hydrogens (tertiary/aromatic N) is 1. The van der Waals surface area contributed by atoms with Gasteiger partial charge in [-0.15, -0.1) is 0 Å². The Kier molecular flexibility index (Phi) is 5.81. The van der Waals surface area contributed by atoms with Gasteiger partial charge >= 0.3 is 0 Å². The maximum absolute atomic E-state index is 12.0. The second-order valence-electron chi connectivity index (χ2n) is 4.97. The van der Waals surface area contributed by atoms with Crippen LogP contribution in [0.15, 0.2) is 0 Å². The van der Waals surface area contributed by atoms with Crippen molar-refractivity contribution in [2.24, 2.45) is 5.92 Å². The molecule has 0 bridgehead atoms. The molecule has 1 amide bonds. The maximum atomic E-state index is 12.0. The van der Waals surface area contributed by atoms with Gasteiger partial charge in [0, 0.05) is 32.2 Å². The molecule has 1 saturated carbocycles. The van der Waals surface area contributed by atoms with Crippen LogP contribution in [0.25, 0.3) is 0 Å². The van der Waals surface area contributed by atoms with E-state index in [0.717, 1.165) is 19.6 Å². The van der Waals surface area contributed by atoms with Crippen LogP contribution in [0.3, 0.4) is 0 Å². The summed E-state index contributed by atoms with van der Waals surface area (Å²) in [5.41, 5.74) is 0. The van der Waals surface area contributed by atoms with E-state index in [9.17, 15) is 4.79 Å².